The quantitative estimate of drug-likeness (QED) is 0.842. The van der Waals surface area contributed by atoms with E-state index in [9.17, 15) is 0 Å². The first kappa shape index (κ1) is 12.2. The number of hydrogen-bond donors (Lipinski definition) is 2. The molecule has 1 unspecified atom stereocenters. The van der Waals surface area contributed by atoms with Gasteiger partial charge in [-0.1, -0.05) is 19.3 Å². The first-order valence-electron chi connectivity index (χ1n) is 7.61. The molecule has 3 rings (SSSR count). The van der Waals surface area contributed by atoms with Gasteiger partial charge in [-0.15, -0.1) is 0 Å². The van der Waals surface area contributed by atoms with Crippen LogP contribution in [0.3, 0.4) is 0 Å². The lowest BCUT2D eigenvalue weighted by Crippen LogP contribution is -2.29. The van der Waals surface area contributed by atoms with Gasteiger partial charge < -0.3 is 5.32 Å². The van der Waals surface area contributed by atoms with E-state index in [0.29, 0.717) is 5.92 Å². The van der Waals surface area contributed by atoms with E-state index >= 15 is 0 Å². The lowest BCUT2D eigenvalue weighted by Gasteiger charge is -2.27. The van der Waals surface area contributed by atoms with E-state index in [2.05, 4.69) is 22.4 Å². The third-order valence-corrected chi connectivity index (χ3v) is 4.72. The van der Waals surface area contributed by atoms with Crippen molar-refractivity contribution in [2.24, 2.45) is 0 Å². The fourth-order valence-corrected chi connectivity index (χ4v) is 3.76. The molecular weight excluding hydrogens is 222 g/mol. The van der Waals surface area contributed by atoms with E-state index in [1.807, 2.05) is 0 Å². The van der Waals surface area contributed by atoms with Crippen LogP contribution in [0, 0.1) is 6.92 Å². The van der Waals surface area contributed by atoms with Crippen molar-refractivity contribution in [3.8, 4) is 0 Å². The van der Waals surface area contributed by atoms with Crippen LogP contribution in [0.2, 0.25) is 0 Å². The van der Waals surface area contributed by atoms with Gasteiger partial charge in [-0.3, -0.25) is 5.10 Å². The monoisotopic (exact) mass is 247 g/mol. The molecule has 0 aromatic carbocycles. The summed E-state index contributed by atoms with van der Waals surface area (Å²) in [6.07, 6.45) is 9.56. The molecule has 2 N–H and O–H groups in total. The van der Waals surface area contributed by atoms with E-state index in [4.69, 9.17) is 0 Å². The molecule has 1 aromatic heterocycles. The maximum atomic E-state index is 4.65. The Hall–Kier alpha value is -0.830. The largest absolute Gasteiger partial charge is 0.316 e. The van der Waals surface area contributed by atoms with Gasteiger partial charge in [0.05, 0.1) is 5.69 Å². The number of aromatic amines is 1. The molecule has 1 atom stereocenters. The Morgan fingerprint density at radius 1 is 1.00 bits per heavy atom. The predicted octanol–water partition coefficient (Wildman–Crippen LogP) is 3.23. The highest BCUT2D eigenvalue weighted by Gasteiger charge is 2.27. The molecule has 0 bridgehead atoms. The van der Waals surface area contributed by atoms with Gasteiger partial charge in [0.1, 0.15) is 0 Å². The average molecular weight is 247 g/mol. The normalized spacial score (nSPS) is 26.4. The summed E-state index contributed by atoms with van der Waals surface area (Å²) < 4.78 is 0. The number of piperidine rings is 1. The van der Waals surface area contributed by atoms with E-state index < -0.39 is 0 Å². The van der Waals surface area contributed by atoms with Crippen LogP contribution in [0.5, 0.6) is 0 Å². The number of nitrogens with zero attached hydrogens (tertiary/aromatic N) is 1. The van der Waals surface area contributed by atoms with E-state index in [1.165, 1.54) is 62.9 Å². The Morgan fingerprint density at radius 3 is 2.50 bits per heavy atom. The van der Waals surface area contributed by atoms with Crippen molar-refractivity contribution in [2.45, 2.75) is 63.7 Å². The first-order valence-corrected chi connectivity index (χ1v) is 7.61. The van der Waals surface area contributed by atoms with Crippen LogP contribution in [0.4, 0.5) is 0 Å². The van der Waals surface area contributed by atoms with Gasteiger partial charge >= 0.3 is 0 Å². The highest BCUT2D eigenvalue weighted by Crippen LogP contribution is 2.38. The maximum absolute atomic E-state index is 4.65. The molecule has 18 heavy (non-hydrogen) atoms. The summed E-state index contributed by atoms with van der Waals surface area (Å²) in [5.74, 6) is 1.41. The van der Waals surface area contributed by atoms with Crippen molar-refractivity contribution in [1.29, 1.82) is 0 Å². The first-order chi connectivity index (χ1) is 8.86. The fraction of sp³-hybridized carbons (Fsp3) is 0.800. The van der Waals surface area contributed by atoms with E-state index in [1.54, 1.807) is 5.56 Å². The molecule has 1 aromatic rings. The third-order valence-electron chi connectivity index (χ3n) is 4.72. The number of H-pyrrole nitrogens is 1. The lowest BCUT2D eigenvalue weighted by molar-refractivity contribution is 0.423. The molecule has 100 valence electrons. The second-order valence-electron chi connectivity index (χ2n) is 6.03. The summed E-state index contributed by atoms with van der Waals surface area (Å²) in [6.45, 7) is 4.50. The predicted molar refractivity (Wildman–Crippen MR) is 74.0 cm³/mol. The second-order valence-corrected chi connectivity index (χ2v) is 6.03. The summed E-state index contributed by atoms with van der Waals surface area (Å²) in [7, 11) is 0. The molecular formula is C15H25N3. The number of aromatic nitrogens is 2. The minimum atomic E-state index is 0.639. The van der Waals surface area contributed by atoms with E-state index in [0.717, 1.165) is 12.5 Å². The van der Waals surface area contributed by atoms with Crippen LogP contribution >= 0.6 is 0 Å². The maximum Gasteiger partial charge on any atom is 0.0703 e. The topological polar surface area (TPSA) is 40.7 Å². The number of hydrogen-bond acceptors (Lipinski definition) is 2. The number of rotatable bonds is 2. The van der Waals surface area contributed by atoms with Crippen LogP contribution in [-0.2, 0) is 0 Å². The lowest BCUT2D eigenvalue weighted by atomic mass is 9.80. The second kappa shape index (κ2) is 5.43. The van der Waals surface area contributed by atoms with Crippen molar-refractivity contribution < 1.29 is 0 Å². The standard InChI is InChI=1S/C15H25N3/c1-11-14(12-6-3-2-4-7-12)15(18-17-11)13-8-5-9-16-10-13/h12-13,16H,2-10H2,1H3,(H,17,18). The molecule has 2 aliphatic rings. The molecule has 1 aliphatic heterocycles. The molecule has 3 nitrogen and oxygen atoms in total. The average Bonchev–Trinajstić information content (AvgIpc) is 2.83. The van der Waals surface area contributed by atoms with Crippen LogP contribution in [0.1, 0.15) is 73.7 Å². The zero-order valence-electron chi connectivity index (χ0n) is 11.5. The molecule has 0 amide bonds. The molecule has 1 saturated carbocycles. The van der Waals surface area contributed by atoms with Gasteiger partial charge in [-0.2, -0.15) is 5.10 Å². The SMILES string of the molecule is Cc1[nH]nc(C2CCCNC2)c1C1CCCCC1. The van der Waals surface area contributed by atoms with Crippen LogP contribution in [-0.4, -0.2) is 23.3 Å². The molecule has 1 aliphatic carbocycles. The highest BCUT2D eigenvalue weighted by molar-refractivity contribution is 5.32. The van der Waals surface area contributed by atoms with Crippen molar-refractivity contribution in [1.82, 2.24) is 15.5 Å². The molecule has 0 radical (unpaired) electrons. The minimum absolute atomic E-state index is 0.639. The molecule has 2 fully saturated rings. The van der Waals surface area contributed by atoms with Crippen LogP contribution in [0.25, 0.3) is 0 Å². The summed E-state index contributed by atoms with van der Waals surface area (Å²) >= 11 is 0. The molecule has 1 saturated heterocycles. The smallest absolute Gasteiger partial charge is 0.0703 e. The highest BCUT2D eigenvalue weighted by atomic mass is 15.1. The fourth-order valence-electron chi connectivity index (χ4n) is 3.76. The Kier molecular flexibility index (Phi) is 3.69. The van der Waals surface area contributed by atoms with Crippen molar-refractivity contribution >= 4 is 0 Å². The number of aryl methyl sites for hydroxylation is 1. The Bertz CT molecular complexity index is 384. The van der Waals surface area contributed by atoms with Crippen LogP contribution < -0.4 is 5.32 Å². The van der Waals surface area contributed by atoms with Crippen molar-refractivity contribution in [2.75, 3.05) is 13.1 Å². The Morgan fingerprint density at radius 2 is 1.78 bits per heavy atom. The third kappa shape index (κ3) is 2.33. The summed E-state index contributed by atoms with van der Waals surface area (Å²) in [5, 5.41) is 11.4. The Balaban J connectivity index is 1.85. The van der Waals surface area contributed by atoms with Gasteiger partial charge in [0.2, 0.25) is 0 Å². The summed E-state index contributed by atoms with van der Waals surface area (Å²) in [6, 6.07) is 0. The van der Waals surface area contributed by atoms with Crippen molar-refractivity contribution in [3.63, 3.8) is 0 Å². The molecule has 2 heterocycles. The van der Waals surface area contributed by atoms with Gasteiger partial charge in [0.25, 0.3) is 0 Å². The van der Waals surface area contributed by atoms with Crippen molar-refractivity contribution in [3.05, 3.63) is 17.0 Å². The zero-order chi connectivity index (χ0) is 12.4. The summed E-state index contributed by atoms with van der Waals surface area (Å²) in [4.78, 5) is 0. The van der Waals surface area contributed by atoms with Gasteiger partial charge in [0, 0.05) is 18.2 Å². The minimum Gasteiger partial charge on any atom is -0.316 e. The van der Waals surface area contributed by atoms with Gasteiger partial charge in [0.15, 0.2) is 0 Å². The zero-order valence-corrected chi connectivity index (χ0v) is 11.5. The van der Waals surface area contributed by atoms with Gasteiger partial charge in [-0.05, 0) is 50.6 Å². The Labute approximate surface area is 110 Å². The van der Waals surface area contributed by atoms with Crippen LogP contribution in [0.15, 0.2) is 0 Å². The molecule has 0 spiro atoms. The number of nitrogens with one attached hydrogen (secondary N) is 2. The molecule has 3 heteroatoms. The summed E-state index contributed by atoms with van der Waals surface area (Å²) in [5.41, 5.74) is 4.28. The van der Waals surface area contributed by atoms with E-state index in [-0.39, 0.29) is 0 Å². The van der Waals surface area contributed by atoms with Gasteiger partial charge in [-0.25, -0.2) is 0 Å².